The first-order valence-corrected chi connectivity index (χ1v) is 12.7. The normalized spacial score (nSPS) is 22.0. The fraction of sp³-hybridized carbons (Fsp3) is 0.682. The minimum absolute atomic E-state index is 0. The predicted octanol–water partition coefficient (Wildman–Crippen LogP) is 0.920. The molecule has 1 heterocycles. The second kappa shape index (κ2) is 9.49. The molecule has 1 aliphatic heterocycles. The molecule has 1 saturated carbocycles. The Kier molecular flexibility index (Phi) is 7.34. The number of fused-ring (bicyclic) bond motifs is 2. The molecule has 0 radical (unpaired) electrons. The molecule has 1 saturated heterocycles. The van der Waals surface area contributed by atoms with Crippen molar-refractivity contribution >= 4 is 21.7 Å². The van der Waals surface area contributed by atoms with Crippen LogP contribution in [-0.2, 0) is 35.7 Å². The summed E-state index contributed by atoms with van der Waals surface area (Å²) in [4.78, 5) is 14.8. The summed E-state index contributed by atoms with van der Waals surface area (Å²) in [5, 5.41) is 2.34. The molecule has 0 spiro atoms. The van der Waals surface area contributed by atoms with Gasteiger partial charge in [-0.2, -0.15) is 0 Å². The number of amides is 2. The Morgan fingerprint density at radius 2 is 1.53 bits per heavy atom. The van der Waals surface area contributed by atoms with E-state index in [9.17, 15) is 13.2 Å². The Hall–Kier alpha value is 0.0364. The molecule has 0 aromatic heterocycles. The quantitative estimate of drug-likeness (QED) is 0.685. The SMILES string of the molecule is O=C([N-]S(=O)(=O)C1CN(C2CCCCC2)C1)Nc1c2c(cc3c1CCC3)CCC2.[K+]. The molecule has 1 N–H and O–H groups in total. The van der Waals surface area contributed by atoms with Gasteiger partial charge in [0.05, 0.1) is 5.25 Å². The predicted molar refractivity (Wildman–Crippen MR) is 114 cm³/mol. The average molecular weight is 456 g/mol. The number of nitrogens with zero attached hydrogens (tertiary/aromatic N) is 2. The third-order valence-corrected chi connectivity index (χ3v) is 8.86. The summed E-state index contributed by atoms with van der Waals surface area (Å²) in [7, 11) is -3.77. The molecule has 4 aliphatic rings. The summed E-state index contributed by atoms with van der Waals surface area (Å²) in [5.41, 5.74) is 5.86. The van der Waals surface area contributed by atoms with Gasteiger partial charge in [-0.25, -0.2) is 8.42 Å². The number of carbonyl (C=O) groups is 1. The minimum Gasteiger partial charge on any atom is -0.423 e. The second-order valence-corrected chi connectivity index (χ2v) is 11.0. The molecule has 0 atom stereocenters. The Bertz CT molecular complexity index is 890. The zero-order valence-corrected chi connectivity index (χ0v) is 21.9. The zero-order chi connectivity index (χ0) is 20.0. The summed E-state index contributed by atoms with van der Waals surface area (Å²) < 4.78 is 29.0. The van der Waals surface area contributed by atoms with Gasteiger partial charge in [0.1, 0.15) is 0 Å². The molecular formula is C22H30KN3O3S. The smallest absolute Gasteiger partial charge is 0.423 e. The molecule has 30 heavy (non-hydrogen) atoms. The van der Waals surface area contributed by atoms with Crippen LogP contribution in [0.15, 0.2) is 6.07 Å². The number of urea groups is 1. The van der Waals surface area contributed by atoms with Crippen molar-refractivity contribution in [1.82, 2.24) is 4.90 Å². The summed E-state index contributed by atoms with van der Waals surface area (Å²) in [5.74, 6) is 0. The van der Waals surface area contributed by atoms with E-state index in [1.165, 1.54) is 41.5 Å². The van der Waals surface area contributed by atoms with Crippen LogP contribution in [0, 0.1) is 0 Å². The fourth-order valence-electron chi connectivity index (χ4n) is 5.69. The van der Waals surface area contributed by atoms with Gasteiger partial charge in [-0.3, -0.25) is 9.69 Å². The topological polar surface area (TPSA) is 80.6 Å². The van der Waals surface area contributed by atoms with Crippen molar-refractivity contribution in [2.24, 2.45) is 0 Å². The first-order chi connectivity index (χ1) is 14.0. The van der Waals surface area contributed by atoms with E-state index in [-0.39, 0.29) is 51.4 Å². The van der Waals surface area contributed by atoms with E-state index in [4.69, 9.17) is 0 Å². The maximum atomic E-state index is 12.7. The van der Waals surface area contributed by atoms with Crippen molar-refractivity contribution in [1.29, 1.82) is 0 Å². The maximum absolute atomic E-state index is 12.7. The molecule has 0 unspecified atom stereocenters. The molecule has 1 aromatic carbocycles. The molecule has 6 nitrogen and oxygen atoms in total. The number of anilines is 1. The summed E-state index contributed by atoms with van der Waals surface area (Å²) in [6.45, 7) is 1.03. The van der Waals surface area contributed by atoms with Gasteiger partial charge in [0.2, 0.25) is 0 Å². The van der Waals surface area contributed by atoms with Crippen LogP contribution in [0.1, 0.15) is 67.2 Å². The number of benzene rings is 1. The Balaban J connectivity index is 0.00000218. The van der Waals surface area contributed by atoms with E-state index in [1.807, 2.05) is 0 Å². The number of carbonyl (C=O) groups excluding carboxylic acids is 1. The minimum atomic E-state index is -3.77. The van der Waals surface area contributed by atoms with Gasteiger partial charge >= 0.3 is 51.4 Å². The Morgan fingerprint density at radius 3 is 2.13 bits per heavy atom. The molecule has 5 rings (SSSR count). The van der Waals surface area contributed by atoms with Crippen molar-refractivity contribution in [3.63, 3.8) is 0 Å². The number of rotatable bonds is 4. The number of nitrogens with one attached hydrogen (secondary N) is 1. The van der Waals surface area contributed by atoms with Gasteiger partial charge in [0.25, 0.3) is 0 Å². The van der Waals surface area contributed by atoms with E-state index in [0.717, 1.165) is 57.1 Å². The Morgan fingerprint density at radius 1 is 0.933 bits per heavy atom. The van der Waals surface area contributed by atoms with E-state index in [1.54, 1.807) is 0 Å². The second-order valence-electron chi connectivity index (χ2n) is 9.14. The van der Waals surface area contributed by atoms with Gasteiger partial charge in [0.15, 0.2) is 16.1 Å². The first-order valence-electron chi connectivity index (χ1n) is 11.2. The Labute approximate surface area is 222 Å². The zero-order valence-electron chi connectivity index (χ0n) is 18.0. The number of likely N-dealkylation sites (tertiary alicyclic amines) is 1. The van der Waals surface area contributed by atoms with Gasteiger partial charge in [-0.15, -0.1) is 0 Å². The number of hydrogen-bond donors (Lipinski definition) is 1. The van der Waals surface area contributed by atoms with Crippen LogP contribution in [0.5, 0.6) is 0 Å². The van der Waals surface area contributed by atoms with Crippen molar-refractivity contribution in [3.05, 3.63) is 33.0 Å². The first kappa shape index (κ1) is 23.2. The summed E-state index contributed by atoms with van der Waals surface area (Å²) in [6, 6.07) is 2.08. The summed E-state index contributed by atoms with van der Waals surface area (Å²) >= 11 is 0. The van der Waals surface area contributed by atoms with Gasteiger partial charge < -0.3 is 10.0 Å². The van der Waals surface area contributed by atoms with Crippen molar-refractivity contribution in [2.45, 2.75) is 81.9 Å². The maximum Gasteiger partial charge on any atom is 1.00 e. The molecule has 8 heteroatoms. The van der Waals surface area contributed by atoms with Crippen molar-refractivity contribution in [2.75, 3.05) is 18.4 Å². The van der Waals surface area contributed by atoms with Gasteiger partial charge in [-0.1, -0.05) is 25.3 Å². The molecular weight excluding hydrogens is 425 g/mol. The van der Waals surface area contributed by atoms with Crippen molar-refractivity contribution in [3.8, 4) is 0 Å². The largest absolute Gasteiger partial charge is 1.00 e. The molecule has 158 valence electrons. The van der Waals surface area contributed by atoms with Crippen LogP contribution >= 0.6 is 0 Å². The van der Waals surface area contributed by atoms with Crippen LogP contribution in [0.4, 0.5) is 10.5 Å². The monoisotopic (exact) mass is 455 g/mol. The molecule has 0 bridgehead atoms. The molecule has 2 amide bonds. The van der Waals surface area contributed by atoms with Crippen LogP contribution in [0.3, 0.4) is 0 Å². The third-order valence-electron chi connectivity index (χ3n) is 7.30. The molecule has 1 aromatic rings. The van der Waals surface area contributed by atoms with E-state index >= 15 is 0 Å². The fourth-order valence-corrected chi connectivity index (χ4v) is 6.87. The summed E-state index contributed by atoms with van der Waals surface area (Å²) in [6.07, 6.45) is 12.2. The van der Waals surface area contributed by atoms with Crippen molar-refractivity contribution < 1.29 is 64.6 Å². The number of aryl methyl sites for hydroxylation is 2. The molecule has 3 aliphatic carbocycles. The number of sulfonamides is 1. The number of hydrogen-bond acceptors (Lipinski definition) is 4. The van der Waals surface area contributed by atoms with Gasteiger partial charge in [-0.05, 0) is 79.3 Å². The third kappa shape index (κ3) is 4.56. The standard InChI is InChI=1S/C22H31N3O3S.K/c26-22(23-21-19-10-4-6-15(19)12-16-7-5-11-20(16)21)24-29(27,28)18-13-25(14-18)17-8-2-1-3-9-17;/h12,17-18H,1-11,13-14H2,(H2,23,24,26);/q;+1/p-1. The van der Waals surface area contributed by atoms with Crippen LogP contribution in [0.25, 0.3) is 4.72 Å². The van der Waals surface area contributed by atoms with Crippen LogP contribution < -0.4 is 56.7 Å². The van der Waals surface area contributed by atoms with E-state index < -0.39 is 21.3 Å². The van der Waals surface area contributed by atoms with E-state index in [0.29, 0.717) is 19.1 Å². The van der Waals surface area contributed by atoms with Crippen LogP contribution in [-0.4, -0.2) is 43.7 Å². The van der Waals surface area contributed by atoms with Crippen LogP contribution in [0.2, 0.25) is 0 Å². The van der Waals surface area contributed by atoms with E-state index in [2.05, 4.69) is 21.0 Å². The van der Waals surface area contributed by atoms with Gasteiger partial charge in [0, 0.05) is 19.1 Å². The average Bonchev–Trinajstić information content (AvgIpc) is 3.29. The molecule has 2 fully saturated rings.